The molecular weight excluding hydrogens is 1070 g/mol. The number of aromatic hydroxyl groups is 1. The summed E-state index contributed by atoms with van der Waals surface area (Å²) in [4.78, 5) is 147. The molecule has 5 aromatic rings. The standard InChI is InChI=1S/C60H70N10O13/c1-36(2)54(60(83)70-26-12-19-48(70)59(82)63-33-50(73)65-37(3)55(78)64-35-53(76)77)69-52(75)34-62-56(79)45(30-40-21-24-44(71)25-22-40)67-58(81)47(29-39-15-8-5-9-16-39)68-57(80)46(28-38-13-6-4-7-14-38)66-51(74)32-61-49(72)31-41-20-23-42-17-10-11-18-43(42)27-41/h4-11,13-18,20-25,27,36-37,45-48,54,71H,12,19,26,28-35H2,1-3H3,(H,61,72)(H,62,79)(H,63,82)(H,64,78)(H,65,73)(H,66,74)(H,67,81)(H,68,80)(H,69,75)(H,76,77)/t37-,45-,46-,47-,48-,54-/m0/s1. The van der Waals surface area contributed by atoms with Crippen LogP contribution in [0.2, 0.25) is 0 Å². The number of phenols is 1. The third-order valence-electron chi connectivity index (χ3n) is 13.6. The quantitative estimate of drug-likeness (QED) is 0.0325. The molecule has 23 nitrogen and oxygen atoms in total. The zero-order chi connectivity index (χ0) is 60.0. The maximum atomic E-state index is 14.6. The van der Waals surface area contributed by atoms with E-state index >= 15 is 0 Å². The normalized spacial score (nSPS) is 14.6. The maximum Gasteiger partial charge on any atom is 0.322 e. The molecule has 11 N–H and O–H groups in total. The number of fused-ring (bicyclic) bond motifs is 1. The molecule has 1 heterocycles. The summed E-state index contributed by atoms with van der Waals surface area (Å²) in [6.45, 7) is 2.50. The summed E-state index contributed by atoms with van der Waals surface area (Å²) >= 11 is 0. The number of hydrogen-bond donors (Lipinski definition) is 11. The topological polar surface area (TPSA) is 340 Å². The highest BCUT2D eigenvalue weighted by atomic mass is 16.4. The average Bonchev–Trinajstić information content (AvgIpc) is 4.19. The Morgan fingerprint density at radius 1 is 0.494 bits per heavy atom. The molecule has 23 heteroatoms. The molecule has 0 saturated carbocycles. The van der Waals surface area contributed by atoms with Gasteiger partial charge >= 0.3 is 5.97 Å². The van der Waals surface area contributed by atoms with Crippen LogP contribution in [0, 0.1) is 5.92 Å². The number of nitrogens with zero attached hydrogens (tertiary/aromatic N) is 1. The summed E-state index contributed by atoms with van der Waals surface area (Å²) in [5.74, 6) is -8.86. The van der Waals surface area contributed by atoms with Gasteiger partial charge in [0.15, 0.2) is 0 Å². The second-order valence-electron chi connectivity index (χ2n) is 20.4. The van der Waals surface area contributed by atoms with E-state index in [0.29, 0.717) is 23.1 Å². The fraction of sp³-hybridized carbons (Fsp3) is 0.350. The van der Waals surface area contributed by atoms with Gasteiger partial charge < -0.3 is 63.0 Å². The fourth-order valence-corrected chi connectivity index (χ4v) is 9.23. The zero-order valence-corrected chi connectivity index (χ0v) is 46.3. The molecule has 83 heavy (non-hydrogen) atoms. The van der Waals surface area contributed by atoms with Gasteiger partial charge in [-0.15, -0.1) is 0 Å². The molecule has 1 saturated heterocycles. The number of aliphatic carboxylic acids is 1. The van der Waals surface area contributed by atoms with Gasteiger partial charge in [0.05, 0.1) is 26.1 Å². The lowest BCUT2D eigenvalue weighted by Gasteiger charge is -2.30. The molecule has 5 aromatic carbocycles. The van der Waals surface area contributed by atoms with Crippen molar-refractivity contribution in [2.45, 2.75) is 95.5 Å². The van der Waals surface area contributed by atoms with Crippen molar-refractivity contribution in [3.63, 3.8) is 0 Å². The van der Waals surface area contributed by atoms with Crippen LogP contribution in [0.25, 0.3) is 10.8 Å². The number of hydrogen-bond acceptors (Lipinski definition) is 12. The number of nitrogens with one attached hydrogen (secondary N) is 9. The van der Waals surface area contributed by atoms with E-state index in [-0.39, 0.29) is 44.4 Å². The van der Waals surface area contributed by atoms with E-state index in [1.165, 1.54) is 36.1 Å². The summed E-state index contributed by atoms with van der Waals surface area (Å²) in [5, 5.41) is 43.8. The van der Waals surface area contributed by atoms with E-state index in [1.807, 2.05) is 42.5 Å². The number of phenolic OH excluding ortho intramolecular Hbond substituents is 1. The van der Waals surface area contributed by atoms with Gasteiger partial charge in [-0.2, -0.15) is 0 Å². The number of carbonyl (C=O) groups excluding carboxylic acids is 10. The molecular formula is C60H70N10O13. The number of amides is 10. The van der Waals surface area contributed by atoms with Crippen LogP contribution in [-0.2, 0) is 78.4 Å². The van der Waals surface area contributed by atoms with Gasteiger partial charge in [-0.25, -0.2) is 0 Å². The molecule has 0 aromatic heterocycles. The molecule has 0 aliphatic carbocycles. The Hall–Kier alpha value is -9.67. The molecule has 0 bridgehead atoms. The highest BCUT2D eigenvalue weighted by Gasteiger charge is 2.39. The minimum atomic E-state index is -1.39. The van der Waals surface area contributed by atoms with E-state index in [2.05, 4.69) is 47.9 Å². The van der Waals surface area contributed by atoms with Gasteiger partial charge in [0.1, 0.15) is 48.5 Å². The Morgan fingerprint density at radius 3 is 1.59 bits per heavy atom. The highest BCUT2D eigenvalue weighted by Crippen LogP contribution is 2.21. The van der Waals surface area contributed by atoms with Crippen LogP contribution >= 0.6 is 0 Å². The van der Waals surface area contributed by atoms with E-state index in [0.717, 1.165) is 16.3 Å². The first-order valence-corrected chi connectivity index (χ1v) is 27.2. The Bertz CT molecular complexity index is 3130. The summed E-state index contributed by atoms with van der Waals surface area (Å²) in [6, 6.07) is 29.5. The Kier molecular flexibility index (Phi) is 23.2. The smallest absolute Gasteiger partial charge is 0.322 e. The Labute approximate surface area is 479 Å². The molecule has 10 amide bonds. The first-order valence-electron chi connectivity index (χ1n) is 27.2. The second kappa shape index (κ2) is 30.8. The van der Waals surface area contributed by atoms with Crippen LogP contribution in [-0.4, -0.2) is 149 Å². The Morgan fingerprint density at radius 2 is 0.988 bits per heavy atom. The van der Waals surface area contributed by atoms with E-state index in [1.54, 1.807) is 74.5 Å². The van der Waals surface area contributed by atoms with Crippen LogP contribution in [0.15, 0.2) is 127 Å². The number of benzene rings is 5. The third-order valence-corrected chi connectivity index (χ3v) is 13.6. The predicted octanol–water partition coefficient (Wildman–Crippen LogP) is 0.456. The molecule has 0 spiro atoms. The van der Waals surface area contributed by atoms with Crippen molar-refractivity contribution in [1.82, 2.24) is 52.8 Å². The molecule has 0 radical (unpaired) electrons. The minimum absolute atomic E-state index is 0.00204. The largest absolute Gasteiger partial charge is 0.508 e. The van der Waals surface area contributed by atoms with Gasteiger partial charge in [-0.3, -0.25) is 52.7 Å². The van der Waals surface area contributed by atoms with Gasteiger partial charge in [-0.05, 0) is 70.8 Å². The fourth-order valence-electron chi connectivity index (χ4n) is 9.23. The van der Waals surface area contributed by atoms with E-state index in [4.69, 9.17) is 5.11 Å². The summed E-state index contributed by atoms with van der Waals surface area (Å²) in [7, 11) is 0. The van der Waals surface area contributed by atoms with Crippen molar-refractivity contribution < 1.29 is 63.0 Å². The summed E-state index contributed by atoms with van der Waals surface area (Å²) in [6.07, 6.45) is 0.449. The molecule has 1 aliphatic rings. The zero-order valence-electron chi connectivity index (χ0n) is 46.3. The van der Waals surface area contributed by atoms with Crippen LogP contribution in [0.4, 0.5) is 0 Å². The van der Waals surface area contributed by atoms with Crippen molar-refractivity contribution in [2.24, 2.45) is 5.92 Å². The van der Waals surface area contributed by atoms with Crippen LogP contribution in [0.5, 0.6) is 5.75 Å². The van der Waals surface area contributed by atoms with Crippen LogP contribution in [0.1, 0.15) is 55.9 Å². The average molecular weight is 1140 g/mol. The molecule has 0 unspecified atom stereocenters. The number of carboxylic acid groups (broad SMARTS) is 1. The van der Waals surface area contributed by atoms with Gasteiger partial charge in [0, 0.05) is 25.8 Å². The monoisotopic (exact) mass is 1140 g/mol. The molecule has 1 fully saturated rings. The van der Waals surface area contributed by atoms with Crippen molar-refractivity contribution in [3.8, 4) is 5.75 Å². The third kappa shape index (κ3) is 19.8. The van der Waals surface area contributed by atoms with Gasteiger partial charge in [-0.1, -0.05) is 129 Å². The predicted molar refractivity (Wildman–Crippen MR) is 304 cm³/mol. The lowest BCUT2D eigenvalue weighted by molar-refractivity contribution is -0.142. The van der Waals surface area contributed by atoms with E-state index < -0.39 is 133 Å². The number of carboxylic acids is 1. The molecule has 6 atom stereocenters. The van der Waals surface area contributed by atoms with Crippen molar-refractivity contribution in [3.05, 3.63) is 150 Å². The summed E-state index contributed by atoms with van der Waals surface area (Å²) in [5.41, 5.74) is 2.55. The maximum absolute atomic E-state index is 14.6. The molecule has 438 valence electrons. The van der Waals surface area contributed by atoms with Gasteiger partial charge in [0.2, 0.25) is 59.1 Å². The number of likely N-dealkylation sites (tertiary alicyclic amines) is 1. The summed E-state index contributed by atoms with van der Waals surface area (Å²) < 4.78 is 0. The molecule has 6 rings (SSSR count). The van der Waals surface area contributed by atoms with Crippen molar-refractivity contribution in [2.75, 3.05) is 32.7 Å². The number of rotatable bonds is 28. The highest BCUT2D eigenvalue weighted by molar-refractivity contribution is 5.98. The number of carbonyl (C=O) groups is 11. The second-order valence-corrected chi connectivity index (χ2v) is 20.4. The minimum Gasteiger partial charge on any atom is -0.508 e. The lowest BCUT2D eigenvalue weighted by atomic mass is 10.0. The van der Waals surface area contributed by atoms with Crippen LogP contribution < -0.4 is 47.9 Å². The van der Waals surface area contributed by atoms with Gasteiger partial charge in [0.25, 0.3) is 0 Å². The van der Waals surface area contributed by atoms with Crippen LogP contribution in [0.3, 0.4) is 0 Å². The molecule has 1 aliphatic heterocycles. The Balaban J connectivity index is 1.11. The van der Waals surface area contributed by atoms with E-state index in [9.17, 15) is 57.8 Å². The first kappa shape index (κ1) is 62.5. The van der Waals surface area contributed by atoms with Crippen molar-refractivity contribution >= 4 is 75.8 Å². The van der Waals surface area contributed by atoms with Crippen molar-refractivity contribution in [1.29, 1.82) is 0 Å². The lowest BCUT2D eigenvalue weighted by Crippen LogP contribution is -2.59. The SMILES string of the molecule is CC(C)[C@H](NC(=O)CNC(=O)[C@H](Cc1ccc(O)cc1)NC(=O)[C@H](Cc1ccccc1)NC(=O)[C@H](Cc1ccccc1)NC(=O)CNC(=O)Cc1ccc2ccccc2c1)C(=O)N1CCC[C@H]1C(=O)NCC(=O)N[C@@H](C)C(=O)NCC(=O)O. The first-order chi connectivity index (χ1) is 39.7.